The van der Waals surface area contributed by atoms with Crippen LogP contribution in [-0.4, -0.2) is 49.7 Å². The Balaban J connectivity index is 1.62. The van der Waals surface area contributed by atoms with Gasteiger partial charge in [-0.1, -0.05) is 5.92 Å². The molecular formula is C25H27FN6O4. The van der Waals surface area contributed by atoms with E-state index in [1.807, 2.05) is 0 Å². The highest BCUT2D eigenvalue weighted by Crippen LogP contribution is 2.35. The predicted molar refractivity (Wildman–Crippen MR) is 129 cm³/mol. The molecule has 1 N–H and O–H groups in total. The SMILES string of the molecule is CC(=O)c1cnn2ccc(N3OCCC3c3cc(F)cnc3C#CC(C)NC(=O)OC(C)(C)C)nc12. The van der Waals surface area contributed by atoms with E-state index in [1.54, 1.807) is 45.0 Å². The first kappa shape index (κ1) is 25.1. The number of nitrogens with one attached hydrogen (secondary N) is 1. The molecule has 1 saturated heterocycles. The number of hydrogen-bond acceptors (Lipinski definition) is 8. The van der Waals surface area contributed by atoms with Crippen LogP contribution in [0.5, 0.6) is 0 Å². The van der Waals surface area contributed by atoms with Crippen molar-refractivity contribution in [1.29, 1.82) is 0 Å². The Labute approximate surface area is 207 Å². The third kappa shape index (κ3) is 5.60. The molecule has 3 aromatic heterocycles. The van der Waals surface area contributed by atoms with Crippen molar-refractivity contribution < 1.29 is 23.6 Å². The van der Waals surface area contributed by atoms with Gasteiger partial charge in [-0.05, 0) is 46.6 Å². The van der Waals surface area contributed by atoms with Crippen molar-refractivity contribution in [3.05, 3.63) is 53.4 Å². The number of Topliss-reactive ketones (excluding diaryl/α,β-unsaturated/α-hetero) is 1. The summed E-state index contributed by atoms with van der Waals surface area (Å²) in [6.07, 6.45) is 4.19. The van der Waals surface area contributed by atoms with Gasteiger partial charge in [0.1, 0.15) is 17.1 Å². The second-order valence-electron chi connectivity index (χ2n) is 9.36. The summed E-state index contributed by atoms with van der Waals surface area (Å²) in [7, 11) is 0. The minimum Gasteiger partial charge on any atom is -0.444 e. The molecule has 2 unspecified atom stereocenters. The maximum atomic E-state index is 14.3. The van der Waals surface area contributed by atoms with E-state index in [2.05, 4.69) is 32.2 Å². The largest absolute Gasteiger partial charge is 0.444 e. The van der Waals surface area contributed by atoms with Gasteiger partial charge in [-0.15, -0.1) is 0 Å². The highest BCUT2D eigenvalue weighted by Gasteiger charge is 2.32. The number of nitrogens with zero attached hydrogens (tertiary/aromatic N) is 5. The van der Waals surface area contributed by atoms with Gasteiger partial charge in [0, 0.05) is 24.2 Å². The molecule has 1 fully saturated rings. The molecule has 4 rings (SSSR count). The van der Waals surface area contributed by atoms with Gasteiger partial charge in [-0.3, -0.25) is 9.63 Å². The Bertz CT molecular complexity index is 1370. The molecule has 0 radical (unpaired) electrons. The van der Waals surface area contributed by atoms with Gasteiger partial charge in [0.2, 0.25) is 0 Å². The van der Waals surface area contributed by atoms with E-state index >= 15 is 0 Å². The maximum absolute atomic E-state index is 14.3. The predicted octanol–water partition coefficient (Wildman–Crippen LogP) is 3.61. The van der Waals surface area contributed by atoms with Crippen LogP contribution in [0.4, 0.5) is 15.0 Å². The van der Waals surface area contributed by atoms with Crippen molar-refractivity contribution in [2.24, 2.45) is 0 Å². The first-order valence-electron chi connectivity index (χ1n) is 11.5. The van der Waals surface area contributed by atoms with Crippen LogP contribution >= 0.6 is 0 Å². The van der Waals surface area contributed by atoms with Crippen LogP contribution in [0.2, 0.25) is 0 Å². The zero-order valence-electron chi connectivity index (χ0n) is 20.7. The van der Waals surface area contributed by atoms with Crippen molar-refractivity contribution in [3.8, 4) is 11.8 Å². The van der Waals surface area contributed by atoms with E-state index in [9.17, 15) is 14.0 Å². The van der Waals surface area contributed by atoms with Crippen molar-refractivity contribution in [2.75, 3.05) is 11.7 Å². The van der Waals surface area contributed by atoms with Crippen molar-refractivity contribution in [3.63, 3.8) is 0 Å². The molecule has 36 heavy (non-hydrogen) atoms. The smallest absolute Gasteiger partial charge is 0.408 e. The molecule has 11 heteroatoms. The minimum atomic E-state index is -0.631. The molecule has 0 bridgehead atoms. The molecule has 2 atom stereocenters. The van der Waals surface area contributed by atoms with Crippen LogP contribution in [0.1, 0.15) is 68.7 Å². The lowest BCUT2D eigenvalue weighted by atomic mass is 10.0. The quantitative estimate of drug-likeness (QED) is 0.433. The number of ketones is 1. The van der Waals surface area contributed by atoms with E-state index in [-0.39, 0.29) is 5.78 Å². The molecule has 1 amide bonds. The van der Waals surface area contributed by atoms with Crippen LogP contribution in [0.15, 0.2) is 30.7 Å². The molecule has 1 aliphatic rings. The summed E-state index contributed by atoms with van der Waals surface area (Å²) in [6, 6.07) is 2.11. The monoisotopic (exact) mass is 494 g/mol. The molecule has 0 aliphatic carbocycles. The van der Waals surface area contributed by atoms with Crippen LogP contribution in [0.25, 0.3) is 5.65 Å². The number of hydroxylamine groups is 1. The third-order valence-electron chi connectivity index (χ3n) is 5.25. The second kappa shape index (κ2) is 9.91. The lowest BCUT2D eigenvalue weighted by Crippen LogP contribution is -2.37. The summed E-state index contributed by atoms with van der Waals surface area (Å²) in [5.41, 5.74) is 1.02. The number of alkyl carbamates (subject to hydrolysis) is 1. The van der Waals surface area contributed by atoms with E-state index in [1.165, 1.54) is 23.7 Å². The third-order valence-corrected chi connectivity index (χ3v) is 5.25. The van der Waals surface area contributed by atoms with E-state index < -0.39 is 29.6 Å². The molecule has 0 aromatic carbocycles. The topological polar surface area (TPSA) is 111 Å². The van der Waals surface area contributed by atoms with Crippen molar-refractivity contribution in [1.82, 2.24) is 24.9 Å². The summed E-state index contributed by atoms with van der Waals surface area (Å²) in [6.45, 7) is 8.84. The number of hydrogen-bond donors (Lipinski definition) is 1. The number of aromatic nitrogens is 4. The summed E-state index contributed by atoms with van der Waals surface area (Å²) in [4.78, 5) is 38.6. The number of carbonyl (C=O) groups excluding carboxylic acids is 2. The first-order valence-corrected chi connectivity index (χ1v) is 11.5. The standard InChI is InChI=1S/C25H27FN6O4/c1-15(29-24(34)36-25(3,4)5)6-7-20-18(12-17(26)13-27-20)21-9-11-35-32(21)22-8-10-31-23(30-22)19(14-28-31)16(2)33/h8,10,12-15,21H,9,11H2,1-5H3,(H,29,34). The average Bonchev–Trinajstić information content (AvgIpc) is 3.43. The van der Waals surface area contributed by atoms with Gasteiger partial charge in [0.05, 0.1) is 36.6 Å². The molecule has 4 heterocycles. The number of rotatable bonds is 4. The van der Waals surface area contributed by atoms with Gasteiger partial charge < -0.3 is 10.1 Å². The average molecular weight is 495 g/mol. The zero-order valence-corrected chi connectivity index (χ0v) is 20.7. The fraction of sp³-hybridized carbons (Fsp3) is 0.400. The number of fused-ring (bicyclic) bond motifs is 1. The number of pyridine rings is 1. The normalized spacial score (nSPS) is 16.4. The van der Waals surface area contributed by atoms with Gasteiger partial charge in [-0.2, -0.15) is 5.10 Å². The molecule has 3 aromatic rings. The van der Waals surface area contributed by atoms with Crippen LogP contribution in [0, 0.1) is 17.7 Å². The van der Waals surface area contributed by atoms with Crippen molar-refractivity contribution >= 4 is 23.3 Å². The number of amides is 1. The van der Waals surface area contributed by atoms with Crippen LogP contribution < -0.4 is 10.4 Å². The van der Waals surface area contributed by atoms with Gasteiger partial charge in [0.15, 0.2) is 17.2 Å². The van der Waals surface area contributed by atoms with Gasteiger partial charge in [-0.25, -0.2) is 28.7 Å². The molecule has 0 saturated carbocycles. The van der Waals surface area contributed by atoms with E-state index in [0.717, 1.165) is 6.20 Å². The highest BCUT2D eigenvalue weighted by atomic mass is 19.1. The molecule has 1 aliphatic heterocycles. The fourth-order valence-electron chi connectivity index (χ4n) is 3.72. The Kier molecular flexibility index (Phi) is 6.90. The second-order valence-corrected chi connectivity index (χ2v) is 9.36. The van der Waals surface area contributed by atoms with Crippen LogP contribution in [-0.2, 0) is 9.57 Å². The Morgan fingerprint density at radius 2 is 2.11 bits per heavy atom. The minimum absolute atomic E-state index is 0.158. The number of halogens is 1. The summed E-state index contributed by atoms with van der Waals surface area (Å²) in [5, 5.41) is 8.37. The van der Waals surface area contributed by atoms with Crippen molar-refractivity contribution in [2.45, 2.75) is 58.7 Å². The lowest BCUT2D eigenvalue weighted by molar-refractivity contribution is 0.0519. The van der Waals surface area contributed by atoms with Gasteiger partial charge in [0.25, 0.3) is 0 Å². The number of anilines is 1. The highest BCUT2D eigenvalue weighted by molar-refractivity contribution is 5.99. The molecule has 0 spiro atoms. The Morgan fingerprint density at radius 3 is 2.83 bits per heavy atom. The Hall–Kier alpha value is -4.04. The first-order chi connectivity index (χ1) is 17.0. The molecular weight excluding hydrogens is 467 g/mol. The zero-order chi connectivity index (χ0) is 26.0. The molecule has 10 nitrogen and oxygen atoms in total. The molecule has 188 valence electrons. The van der Waals surface area contributed by atoms with Gasteiger partial charge >= 0.3 is 6.09 Å². The van der Waals surface area contributed by atoms with E-state index in [4.69, 9.17) is 9.57 Å². The summed E-state index contributed by atoms with van der Waals surface area (Å²) >= 11 is 0. The maximum Gasteiger partial charge on any atom is 0.408 e. The number of ether oxygens (including phenoxy) is 1. The van der Waals surface area contributed by atoms with E-state index in [0.29, 0.717) is 41.3 Å². The Morgan fingerprint density at radius 1 is 1.33 bits per heavy atom. The summed E-state index contributed by atoms with van der Waals surface area (Å²) in [5.74, 6) is 5.64. The fourth-order valence-corrected chi connectivity index (χ4v) is 3.72. The lowest BCUT2D eigenvalue weighted by Gasteiger charge is -2.24. The number of carbonyl (C=O) groups is 2. The van der Waals surface area contributed by atoms with Crippen LogP contribution in [0.3, 0.4) is 0 Å². The summed E-state index contributed by atoms with van der Waals surface area (Å²) < 4.78 is 21.0.